The Morgan fingerprint density at radius 2 is 2.31 bits per heavy atom. The maximum atomic E-state index is 11.0. The summed E-state index contributed by atoms with van der Waals surface area (Å²) in [5.41, 5.74) is -0.863. The maximum Gasteiger partial charge on any atom is 0.317 e. The number of hydrogen-bond donors (Lipinski definition) is 1. The highest BCUT2D eigenvalue weighted by Gasteiger charge is 2.49. The van der Waals surface area contributed by atoms with Crippen LogP contribution >= 0.6 is 0 Å². The molecule has 0 bridgehead atoms. The van der Waals surface area contributed by atoms with Gasteiger partial charge in [0.2, 0.25) is 5.89 Å². The van der Waals surface area contributed by atoms with Crippen LogP contribution in [0.5, 0.6) is 0 Å². The standard InChI is InChI=1S/C8H10N2O3/c1-5-9-6(10-13-5)8(7(11)12)3-2-4-8/h2-4H2,1H3,(H,11,12). The zero-order valence-corrected chi connectivity index (χ0v) is 7.28. The maximum absolute atomic E-state index is 11.0. The second kappa shape index (κ2) is 2.55. The topological polar surface area (TPSA) is 76.2 Å². The van der Waals surface area contributed by atoms with Crippen molar-refractivity contribution in [1.82, 2.24) is 10.1 Å². The Morgan fingerprint density at radius 3 is 2.62 bits per heavy atom. The van der Waals surface area contributed by atoms with Gasteiger partial charge in [-0.25, -0.2) is 0 Å². The first-order valence-electron chi connectivity index (χ1n) is 4.19. The van der Waals surface area contributed by atoms with Gasteiger partial charge >= 0.3 is 5.97 Å². The van der Waals surface area contributed by atoms with E-state index >= 15 is 0 Å². The van der Waals surface area contributed by atoms with Gasteiger partial charge < -0.3 is 9.63 Å². The van der Waals surface area contributed by atoms with Crippen LogP contribution in [-0.2, 0) is 10.2 Å². The molecule has 5 heteroatoms. The number of rotatable bonds is 2. The van der Waals surface area contributed by atoms with E-state index in [1.807, 2.05) is 0 Å². The summed E-state index contributed by atoms with van der Waals surface area (Å²) in [7, 11) is 0. The van der Waals surface area contributed by atoms with Crippen LogP contribution in [0.1, 0.15) is 31.0 Å². The molecule has 0 spiro atoms. The van der Waals surface area contributed by atoms with Crippen LogP contribution in [0.2, 0.25) is 0 Å². The quantitative estimate of drug-likeness (QED) is 0.734. The zero-order chi connectivity index (χ0) is 9.47. The van der Waals surface area contributed by atoms with E-state index in [1.165, 1.54) is 0 Å². The lowest BCUT2D eigenvalue weighted by molar-refractivity contribution is -0.147. The van der Waals surface area contributed by atoms with Crippen LogP contribution in [0.3, 0.4) is 0 Å². The van der Waals surface area contributed by atoms with E-state index < -0.39 is 11.4 Å². The van der Waals surface area contributed by atoms with Crippen molar-refractivity contribution < 1.29 is 14.4 Å². The van der Waals surface area contributed by atoms with Crippen LogP contribution in [0, 0.1) is 6.92 Å². The molecule has 2 rings (SSSR count). The molecule has 0 unspecified atom stereocenters. The summed E-state index contributed by atoms with van der Waals surface area (Å²) in [5, 5.41) is 12.7. The number of carboxylic acids is 1. The molecule has 1 aliphatic carbocycles. The molecule has 0 atom stereocenters. The molecule has 0 aromatic carbocycles. The molecular weight excluding hydrogens is 172 g/mol. The number of aryl methyl sites for hydroxylation is 1. The molecule has 1 aromatic rings. The van der Waals surface area contributed by atoms with Crippen molar-refractivity contribution in [2.75, 3.05) is 0 Å². The van der Waals surface area contributed by atoms with Crippen LogP contribution in [0.25, 0.3) is 0 Å². The van der Waals surface area contributed by atoms with Gasteiger partial charge in [0.25, 0.3) is 0 Å². The third-order valence-electron chi connectivity index (χ3n) is 2.57. The normalized spacial score (nSPS) is 19.5. The summed E-state index contributed by atoms with van der Waals surface area (Å²) >= 11 is 0. The van der Waals surface area contributed by atoms with E-state index in [9.17, 15) is 4.79 Å². The van der Waals surface area contributed by atoms with Crippen molar-refractivity contribution >= 4 is 5.97 Å². The van der Waals surface area contributed by atoms with E-state index in [0.717, 1.165) is 6.42 Å². The lowest BCUT2D eigenvalue weighted by Gasteiger charge is -2.34. The van der Waals surface area contributed by atoms with Gasteiger partial charge in [-0.2, -0.15) is 4.98 Å². The molecule has 5 nitrogen and oxygen atoms in total. The van der Waals surface area contributed by atoms with Gasteiger partial charge in [0.15, 0.2) is 5.82 Å². The minimum absolute atomic E-state index is 0.323. The molecule has 1 aromatic heterocycles. The van der Waals surface area contributed by atoms with Crippen LogP contribution in [-0.4, -0.2) is 21.2 Å². The van der Waals surface area contributed by atoms with Crippen molar-refractivity contribution in [2.24, 2.45) is 0 Å². The highest BCUT2D eigenvalue weighted by molar-refractivity contribution is 5.81. The molecule has 1 heterocycles. The van der Waals surface area contributed by atoms with Gasteiger partial charge in [-0.1, -0.05) is 11.6 Å². The number of nitrogens with zero attached hydrogens (tertiary/aromatic N) is 2. The van der Waals surface area contributed by atoms with Crippen LogP contribution < -0.4 is 0 Å². The fourth-order valence-electron chi connectivity index (χ4n) is 1.56. The summed E-state index contributed by atoms with van der Waals surface area (Å²) in [6, 6.07) is 0. The van der Waals surface area contributed by atoms with E-state index in [4.69, 9.17) is 9.63 Å². The Bertz CT molecular complexity index is 341. The molecule has 13 heavy (non-hydrogen) atoms. The van der Waals surface area contributed by atoms with E-state index in [-0.39, 0.29) is 0 Å². The second-order valence-corrected chi connectivity index (χ2v) is 3.38. The monoisotopic (exact) mass is 182 g/mol. The zero-order valence-electron chi connectivity index (χ0n) is 7.28. The van der Waals surface area contributed by atoms with Crippen molar-refractivity contribution in [3.8, 4) is 0 Å². The van der Waals surface area contributed by atoms with Crippen LogP contribution in [0.4, 0.5) is 0 Å². The van der Waals surface area contributed by atoms with Crippen molar-refractivity contribution in [1.29, 1.82) is 0 Å². The molecule has 0 amide bonds. The van der Waals surface area contributed by atoms with Gasteiger partial charge in [-0.3, -0.25) is 4.79 Å². The van der Waals surface area contributed by atoms with Crippen molar-refractivity contribution in [2.45, 2.75) is 31.6 Å². The first-order valence-corrected chi connectivity index (χ1v) is 4.19. The lowest BCUT2D eigenvalue weighted by Crippen LogP contribution is -2.43. The average molecular weight is 182 g/mol. The fourth-order valence-corrected chi connectivity index (χ4v) is 1.56. The van der Waals surface area contributed by atoms with E-state index in [2.05, 4.69) is 10.1 Å². The Kier molecular flexibility index (Phi) is 1.61. The summed E-state index contributed by atoms with van der Waals surface area (Å²) in [4.78, 5) is 15.0. The molecule has 0 aliphatic heterocycles. The Labute approximate surface area is 74.8 Å². The highest BCUT2D eigenvalue weighted by Crippen LogP contribution is 2.42. The van der Waals surface area contributed by atoms with Gasteiger partial charge in [0.05, 0.1) is 0 Å². The number of carbonyl (C=O) groups is 1. The first kappa shape index (κ1) is 8.22. The summed E-state index contributed by atoms with van der Waals surface area (Å²) in [5.74, 6) is -0.106. The lowest BCUT2D eigenvalue weighted by atomic mass is 9.68. The van der Waals surface area contributed by atoms with Gasteiger partial charge in [0.1, 0.15) is 5.41 Å². The largest absolute Gasteiger partial charge is 0.480 e. The van der Waals surface area contributed by atoms with Crippen LogP contribution in [0.15, 0.2) is 4.52 Å². The number of aromatic nitrogens is 2. The first-order chi connectivity index (χ1) is 6.15. The van der Waals surface area contributed by atoms with Crippen molar-refractivity contribution in [3.05, 3.63) is 11.7 Å². The third-order valence-corrected chi connectivity index (χ3v) is 2.57. The minimum Gasteiger partial charge on any atom is -0.480 e. The molecule has 0 radical (unpaired) electrons. The minimum atomic E-state index is -0.863. The fraction of sp³-hybridized carbons (Fsp3) is 0.625. The SMILES string of the molecule is Cc1nc(C2(C(=O)O)CCC2)no1. The summed E-state index contributed by atoms with van der Waals surface area (Å²) in [6.07, 6.45) is 2.14. The van der Waals surface area contributed by atoms with E-state index in [0.29, 0.717) is 24.6 Å². The van der Waals surface area contributed by atoms with E-state index in [1.54, 1.807) is 6.92 Å². The van der Waals surface area contributed by atoms with Gasteiger partial charge in [0, 0.05) is 6.92 Å². The van der Waals surface area contributed by atoms with Crippen molar-refractivity contribution in [3.63, 3.8) is 0 Å². The number of aliphatic carboxylic acids is 1. The predicted molar refractivity (Wildman–Crippen MR) is 42.2 cm³/mol. The van der Waals surface area contributed by atoms with Gasteiger partial charge in [-0.05, 0) is 12.8 Å². The highest BCUT2D eigenvalue weighted by atomic mass is 16.5. The molecule has 1 N–H and O–H groups in total. The molecule has 1 saturated carbocycles. The Hall–Kier alpha value is -1.39. The smallest absolute Gasteiger partial charge is 0.317 e. The molecule has 1 aliphatic rings. The second-order valence-electron chi connectivity index (χ2n) is 3.38. The third kappa shape index (κ3) is 1.03. The van der Waals surface area contributed by atoms with Gasteiger partial charge in [-0.15, -0.1) is 0 Å². The number of hydrogen-bond acceptors (Lipinski definition) is 4. The Morgan fingerprint density at radius 1 is 1.62 bits per heavy atom. The molecule has 1 fully saturated rings. The summed E-state index contributed by atoms with van der Waals surface area (Å²) < 4.78 is 4.77. The molecular formula is C8H10N2O3. The molecule has 0 saturated heterocycles. The Balaban J connectivity index is 2.37. The average Bonchev–Trinajstić information content (AvgIpc) is 2.32. The number of carboxylic acid groups (broad SMARTS) is 1. The molecule has 70 valence electrons. The predicted octanol–water partition coefficient (Wildman–Crippen LogP) is 0.884. The summed E-state index contributed by atoms with van der Waals surface area (Å²) in [6.45, 7) is 1.66.